The minimum Gasteiger partial charge on any atom is -0.497 e. The molecule has 1 aliphatic rings. The molecule has 4 N–H and O–H groups in total. The minimum absolute atomic E-state index is 0.145. The Hall–Kier alpha value is -4.76. The number of imidazole rings is 1. The highest BCUT2D eigenvalue weighted by Crippen LogP contribution is 2.29. The first-order valence-electron chi connectivity index (χ1n) is 17.0. The van der Waals surface area contributed by atoms with Gasteiger partial charge in [-0.1, -0.05) is 23.7 Å². The van der Waals surface area contributed by atoms with Gasteiger partial charge in [-0.3, -0.25) is 18.9 Å². The van der Waals surface area contributed by atoms with Gasteiger partial charge < -0.3 is 35.0 Å². The topological polar surface area (TPSA) is 154 Å². The number of morpholine rings is 1. The van der Waals surface area contributed by atoms with Gasteiger partial charge in [0.05, 0.1) is 83.1 Å². The van der Waals surface area contributed by atoms with Crippen LogP contribution in [-0.2, 0) is 27.8 Å². The van der Waals surface area contributed by atoms with Gasteiger partial charge in [0.2, 0.25) is 0 Å². The summed E-state index contributed by atoms with van der Waals surface area (Å²) in [6, 6.07) is 15.0. The Balaban J connectivity index is 0.000000208. The molecule has 1 aliphatic heterocycles. The highest BCUT2D eigenvalue weighted by atomic mass is 35.5. The SMILES string of the molecule is CCOc1cc(N)c(Cl)cc1C(=O)NCC1CN(Cc2ccc(F)cc2)CCO1.COc1ccc2nc([S@@](=O)Cc3ncc(C)c(OC)c3C)[nH]c2c1. The molecule has 15 heteroatoms. The number of carbonyl (C=O) groups is 1. The van der Waals surface area contributed by atoms with Crippen LogP contribution in [0.4, 0.5) is 10.1 Å². The molecule has 3 heterocycles. The van der Waals surface area contributed by atoms with Crippen LogP contribution in [0.1, 0.15) is 39.7 Å². The van der Waals surface area contributed by atoms with Crippen LogP contribution in [0.25, 0.3) is 11.0 Å². The molecule has 0 radical (unpaired) electrons. The number of H-pyrrole nitrogens is 1. The number of aromatic nitrogens is 3. The lowest BCUT2D eigenvalue weighted by atomic mass is 10.1. The Morgan fingerprint density at radius 2 is 1.92 bits per heavy atom. The van der Waals surface area contributed by atoms with E-state index in [9.17, 15) is 13.4 Å². The van der Waals surface area contributed by atoms with Crippen molar-refractivity contribution in [1.29, 1.82) is 0 Å². The average Bonchev–Trinajstić information content (AvgIpc) is 3.59. The summed E-state index contributed by atoms with van der Waals surface area (Å²) in [5.41, 5.74) is 11.7. The van der Waals surface area contributed by atoms with E-state index in [2.05, 4.69) is 25.2 Å². The number of benzene rings is 3. The van der Waals surface area contributed by atoms with Crippen LogP contribution in [0.15, 0.2) is 66.0 Å². The van der Waals surface area contributed by atoms with E-state index in [4.69, 9.17) is 36.3 Å². The van der Waals surface area contributed by atoms with E-state index in [-0.39, 0.29) is 23.6 Å². The van der Waals surface area contributed by atoms with Gasteiger partial charge in [0.25, 0.3) is 5.91 Å². The van der Waals surface area contributed by atoms with Crippen molar-refractivity contribution in [3.63, 3.8) is 0 Å². The predicted molar refractivity (Wildman–Crippen MR) is 204 cm³/mol. The lowest BCUT2D eigenvalue weighted by Crippen LogP contribution is -2.47. The second kappa shape index (κ2) is 18.3. The van der Waals surface area contributed by atoms with Crippen LogP contribution in [-0.4, -0.2) is 83.1 Å². The average molecular weight is 767 g/mol. The molecule has 1 unspecified atom stereocenters. The van der Waals surface area contributed by atoms with Gasteiger partial charge in [-0.2, -0.15) is 0 Å². The van der Waals surface area contributed by atoms with Crippen molar-refractivity contribution < 1.29 is 32.3 Å². The molecule has 3 aromatic carbocycles. The molecule has 6 rings (SSSR count). The number of halogens is 2. The molecule has 1 saturated heterocycles. The molecule has 1 fully saturated rings. The maximum Gasteiger partial charge on any atom is 0.255 e. The van der Waals surface area contributed by atoms with Gasteiger partial charge in [-0.25, -0.2) is 9.37 Å². The summed E-state index contributed by atoms with van der Waals surface area (Å²) < 4.78 is 47.6. The molecule has 1 amide bonds. The molecular formula is C38H44ClFN6O6S. The van der Waals surface area contributed by atoms with Crippen molar-refractivity contribution >= 4 is 45.0 Å². The first kappa shape index (κ1) is 39.4. The quantitative estimate of drug-likeness (QED) is 0.129. The lowest BCUT2D eigenvalue weighted by molar-refractivity contribution is -0.0292. The minimum atomic E-state index is -1.33. The number of amides is 1. The van der Waals surface area contributed by atoms with Crippen molar-refractivity contribution in [2.75, 3.05) is 52.8 Å². The first-order valence-corrected chi connectivity index (χ1v) is 18.7. The largest absolute Gasteiger partial charge is 0.497 e. The maximum atomic E-state index is 13.1. The van der Waals surface area contributed by atoms with Crippen molar-refractivity contribution in [2.24, 2.45) is 0 Å². The molecule has 0 spiro atoms. The molecule has 282 valence electrons. The van der Waals surface area contributed by atoms with Gasteiger partial charge in [0.1, 0.15) is 23.1 Å². The summed E-state index contributed by atoms with van der Waals surface area (Å²) >= 11 is 6.07. The number of rotatable bonds is 12. The zero-order valence-electron chi connectivity index (χ0n) is 30.3. The van der Waals surface area contributed by atoms with Crippen LogP contribution in [0, 0.1) is 19.7 Å². The van der Waals surface area contributed by atoms with E-state index in [0.717, 1.165) is 51.5 Å². The molecule has 2 aromatic heterocycles. The lowest BCUT2D eigenvalue weighted by Gasteiger charge is -2.33. The standard InChI is InChI=1S/C21H25ClFN3O3.C17H19N3O3S/c1-2-28-20-10-19(24)18(22)9-17(20)21(27)25-11-16-13-26(7-8-29-16)12-14-3-5-15(23)6-4-14;1-10-8-18-15(11(2)16(10)23-4)9-24(21)17-19-13-6-5-12(22-3)7-14(13)20-17/h3-6,9-10,16H,2,7-8,11-13,24H2,1H3,(H,25,27);5-8H,9H2,1-4H3,(H,19,20)/t;24-/m.0/s1. The number of aryl methyl sites for hydroxylation is 1. The van der Waals surface area contributed by atoms with E-state index in [1.54, 1.807) is 38.6 Å². The number of anilines is 1. The molecule has 0 saturated carbocycles. The molecule has 12 nitrogen and oxygen atoms in total. The predicted octanol–water partition coefficient (Wildman–Crippen LogP) is 5.99. The van der Waals surface area contributed by atoms with Crippen LogP contribution >= 0.6 is 11.6 Å². The van der Waals surface area contributed by atoms with Crippen LogP contribution in [0.2, 0.25) is 5.02 Å². The van der Waals surface area contributed by atoms with Crippen LogP contribution < -0.4 is 25.3 Å². The molecule has 2 atom stereocenters. The summed E-state index contributed by atoms with van der Waals surface area (Å²) in [6.45, 7) is 9.18. The highest BCUT2D eigenvalue weighted by Gasteiger charge is 2.23. The highest BCUT2D eigenvalue weighted by molar-refractivity contribution is 7.84. The third-order valence-electron chi connectivity index (χ3n) is 8.58. The first-order chi connectivity index (χ1) is 25.5. The number of hydrogen-bond donors (Lipinski definition) is 3. The third-order valence-corrected chi connectivity index (χ3v) is 10.1. The second-order valence-corrected chi connectivity index (χ2v) is 14.1. The summed E-state index contributed by atoms with van der Waals surface area (Å²) in [4.78, 5) is 26.8. The smallest absolute Gasteiger partial charge is 0.255 e. The van der Waals surface area contributed by atoms with Crippen LogP contribution in [0.3, 0.4) is 0 Å². The number of methoxy groups -OCH3 is 2. The number of nitrogens with two attached hydrogens (primary N) is 1. The van der Waals surface area contributed by atoms with E-state index in [1.165, 1.54) is 18.2 Å². The van der Waals surface area contributed by atoms with Crippen molar-refractivity contribution in [2.45, 2.75) is 44.3 Å². The van der Waals surface area contributed by atoms with Crippen LogP contribution in [0.5, 0.6) is 17.2 Å². The number of nitrogen functional groups attached to an aromatic ring is 1. The Bertz CT molecular complexity index is 2060. The number of pyridine rings is 1. The van der Waals surface area contributed by atoms with E-state index >= 15 is 0 Å². The maximum absolute atomic E-state index is 13.1. The fourth-order valence-electron chi connectivity index (χ4n) is 5.83. The fourth-order valence-corrected chi connectivity index (χ4v) is 7.09. The Kier molecular flexibility index (Phi) is 13.6. The van der Waals surface area contributed by atoms with Gasteiger partial charge >= 0.3 is 0 Å². The molecule has 0 aliphatic carbocycles. The zero-order valence-corrected chi connectivity index (χ0v) is 31.9. The number of nitrogens with zero attached hydrogens (tertiary/aromatic N) is 3. The van der Waals surface area contributed by atoms with E-state index < -0.39 is 10.8 Å². The number of carbonyl (C=O) groups excluding carboxylic acids is 1. The van der Waals surface area contributed by atoms with Crippen molar-refractivity contribution in [1.82, 2.24) is 25.2 Å². The third kappa shape index (κ3) is 10.2. The van der Waals surface area contributed by atoms with E-state index in [0.29, 0.717) is 60.0 Å². The van der Waals surface area contributed by atoms with Crippen molar-refractivity contribution in [3.05, 3.63) is 99.6 Å². The monoisotopic (exact) mass is 766 g/mol. The normalized spacial score (nSPS) is 15.0. The van der Waals surface area contributed by atoms with E-state index in [1.807, 2.05) is 39.0 Å². The second-order valence-electron chi connectivity index (χ2n) is 12.3. The molecule has 0 bridgehead atoms. The molecule has 53 heavy (non-hydrogen) atoms. The van der Waals surface area contributed by atoms with Crippen molar-refractivity contribution in [3.8, 4) is 17.2 Å². The Morgan fingerprint density at radius 3 is 2.64 bits per heavy atom. The molecular weight excluding hydrogens is 723 g/mol. The summed E-state index contributed by atoms with van der Waals surface area (Å²) in [6.07, 6.45) is 1.59. The number of aromatic amines is 1. The van der Waals surface area contributed by atoms with Gasteiger partial charge in [-0.05, 0) is 56.7 Å². The number of nitrogens with one attached hydrogen (secondary N) is 2. The summed E-state index contributed by atoms with van der Waals surface area (Å²) in [7, 11) is 1.91. The van der Waals surface area contributed by atoms with Gasteiger partial charge in [0, 0.05) is 55.6 Å². The Morgan fingerprint density at radius 1 is 1.15 bits per heavy atom. The van der Waals surface area contributed by atoms with Gasteiger partial charge in [-0.15, -0.1) is 0 Å². The Labute approximate surface area is 315 Å². The number of fused-ring (bicyclic) bond motifs is 1. The van der Waals surface area contributed by atoms with Gasteiger partial charge in [0.15, 0.2) is 5.16 Å². The number of ether oxygens (including phenoxy) is 4. The summed E-state index contributed by atoms with van der Waals surface area (Å²) in [5.74, 6) is 1.64. The number of hydrogen-bond acceptors (Lipinski definition) is 10. The zero-order chi connectivity index (χ0) is 38.1. The summed E-state index contributed by atoms with van der Waals surface area (Å²) in [5, 5.41) is 3.62. The molecule has 5 aromatic rings. The fraction of sp³-hybridized carbons (Fsp3) is 0.342.